The Kier molecular flexibility index (Phi) is 5.11. The quantitative estimate of drug-likeness (QED) is 0.745. The lowest BCUT2D eigenvalue weighted by molar-refractivity contribution is -0.151. The van der Waals surface area contributed by atoms with Crippen molar-refractivity contribution in [2.45, 2.75) is 19.6 Å². The van der Waals surface area contributed by atoms with E-state index in [2.05, 4.69) is 4.98 Å². The second-order valence-corrected chi connectivity index (χ2v) is 3.93. The Morgan fingerprint density at radius 1 is 1.71 bits per heavy atom. The molecule has 0 amide bonds. The third kappa shape index (κ3) is 4.16. The summed E-state index contributed by atoms with van der Waals surface area (Å²) in [4.78, 5) is 17.0. The van der Waals surface area contributed by atoms with Crippen LogP contribution < -0.4 is 0 Å². The predicted molar refractivity (Wildman–Crippen MR) is 62.6 cm³/mol. The van der Waals surface area contributed by atoms with Crippen molar-refractivity contribution in [3.63, 3.8) is 0 Å². The fourth-order valence-corrected chi connectivity index (χ4v) is 1.54. The van der Waals surface area contributed by atoms with Crippen molar-refractivity contribution in [3.8, 4) is 0 Å². The highest BCUT2D eigenvalue weighted by Gasteiger charge is 2.20. The van der Waals surface area contributed by atoms with Crippen LogP contribution in [0.15, 0.2) is 12.4 Å². The van der Waals surface area contributed by atoms with Crippen molar-refractivity contribution in [2.24, 2.45) is 7.05 Å². The number of rotatable bonds is 7. The molecule has 0 saturated carbocycles. The standard InChI is InChI=1S/C11H19N3O3/c1-4-17-9(11(15)16)7-13(2)8-10-12-5-6-14(10)3/h5-6,9H,4,7-8H2,1-3H3,(H,15,16). The number of carboxylic acid groups (broad SMARTS) is 1. The minimum absolute atomic E-state index is 0.343. The summed E-state index contributed by atoms with van der Waals surface area (Å²) < 4.78 is 7.06. The van der Waals surface area contributed by atoms with E-state index in [1.165, 1.54) is 0 Å². The lowest BCUT2D eigenvalue weighted by Gasteiger charge is -2.20. The summed E-state index contributed by atoms with van der Waals surface area (Å²) in [6.07, 6.45) is 2.80. The molecule has 6 heteroatoms. The van der Waals surface area contributed by atoms with E-state index in [1.807, 2.05) is 29.8 Å². The van der Waals surface area contributed by atoms with Crippen LogP contribution in [0.4, 0.5) is 0 Å². The molecular formula is C11H19N3O3. The van der Waals surface area contributed by atoms with Crippen LogP contribution in [-0.2, 0) is 23.1 Å². The van der Waals surface area contributed by atoms with Crippen LogP contribution in [0.3, 0.4) is 0 Å². The van der Waals surface area contributed by atoms with Gasteiger partial charge in [0.2, 0.25) is 0 Å². The zero-order valence-electron chi connectivity index (χ0n) is 10.5. The summed E-state index contributed by atoms with van der Waals surface area (Å²) in [5.41, 5.74) is 0. The van der Waals surface area contributed by atoms with Crippen molar-refractivity contribution < 1.29 is 14.6 Å². The van der Waals surface area contributed by atoms with Gasteiger partial charge in [0.1, 0.15) is 5.82 Å². The molecule has 1 aromatic heterocycles. The first-order chi connectivity index (χ1) is 8.04. The topological polar surface area (TPSA) is 67.6 Å². The first-order valence-corrected chi connectivity index (χ1v) is 5.53. The van der Waals surface area contributed by atoms with Crippen molar-refractivity contribution in [2.75, 3.05) is 20.2 Å². The molecule has 6 nitrogen and oxygen atoms in total. The number of ether oxygens (including phenoxy) is 1. The number of aliphatic carboxylic acids is 1. The molecule has 1 unspecified atom stereocenters. The predicted octanol–water partition coefficient (Wildman–Crippen LogP) is 0.342. The minimum atomic E-state index is -0.932. The number of aromatic nitrogens is 2. The SMILES string of the molecule is CCOC(CN(C)Cc1nccn1C)C(=O)O. The molecule has 0 spiro atoms. The van der Waals surface area contributed by atoms with E-state index in [9.17, 15) is 4.79 Å². The fraction of sp³-hybridized carbons (Fsp3) is 0.636. The van der Waals surface area contributed by atoms with Crippen molar-refractivity contribution in [1.82, 2.24) is 14.5 Å². The molecule has 0 aliphatic rings. The van der Waals surface area contributed by atoms with Crippen LogP contribution in [0, 0.1) is 0 Å². The van der Waals surface area contributed by atoms with E-state index >= 15 is 0 Å². The number of carbonyl (C=O) groups is 1. The largest absolute Gasteiger partial charge is 0.479 e. The van der Waals surface area contributed by atoms with Gasteiger partial charge in [0.15, 0.2) is 6.10 Å². The van der Waals surface area contributed by atoms with E-state index in [0.717, 1.165) is 5.82 Å². The summed E-state index contributed by atoms with van der Waals surface area (Å²) in [7, 11) is 3.76. The van der Waals surface area contributed by atoms with Gasteiger partial charge in [0, 0.05) is 32.6 Å². The second-order valence-electron chi connectivity index (χ2n) is 3.93. The van der Waals surface area contributed by atoms with E-state index < -0.39 is 12.1 Å². The highest BCUT2D eigenvalue weighted by molar-refractivity contribution is 5.72. The summed E-state index contributed by atoms with van der Waals surface area (Å²) in [5.74, 6) is -0.0355. The Bertz CT molecular complexity index is 365. The monoisotopic (exact) mass is 241 g/mol. The highest BCUT2D eigenvalue weighted by atomic mass is 16.5. The normalized spacial score (nSPS) is 12.9. The molecule has 0 bridgehead atoms. The minimum Gasteiger partial charge on any atom is -0.479 e. The molecule has 0 aliphatic carbocycles. The van der Waals surface area contributed by atoms with Gasteiger partial charge >= 0.3 is 5.97 Å². The van der Waals surface area contributed by atoms with Crippen LogP contribution in [-0.4, -0.2) is 51.8 Å². The molecule has 1 aromatic rings. The molecule has 0 saturated heterocycles. The number of hydrogen-bond acceptors (Lipinski definition) is 4. The summed E-state index contributed by atoms with van der Waals surface area (Å²) in [6.45, 7) is 3.12. The Morgan fingerprint density at radius 2 is 2.41 bits per heavy atom. The average molecular weight is 241 g/mol. The molecule has 0 aromatic carbocycles. The van der Waals surface area contributed by atoms with E-state index in [1.54, 1.807) is 13.1 Å². The Balaban J connectivity index is 2.50. The summed E-state index contributed by atoms with van der Waals surface area (Å²) in [5, 5.41) is 8.96. The number of carboxylic acids is 1. The van der Waals surface area contributed by atoms with Gasteiger partial charge in [-0.1, -0.05) is 0 Å². The number of likely N-dealkylation sites (N-methyl/N-ethyl adjacent to an activating group) is 1. The van der Waals surface area contributed by atoms with Crippen molar-refractivity contribution >= 4 is 5.97 Å². The molecule has 1 atom stereocenters. The maximum absolute atomic E-state index is 10.9. The number of hydrogen-bond donors (Lipinski definition) is 1. The van der Waals surface area contributed by atoms with Gasteiger partial charge in [0.05, 0.1) is 6.54 Å². The maximum Gasteiger partial charge on any atom is 0.334 e. The molecule has 96 valence electrons. The van der Waals surface area contributed by atoms with Gasteiger partial charge in [-0.3, -0.25) is 4.90 Å². The zero-order chi connectivity index (χ0) is 12.8. The number of nitrogens with zero attached hydrogens (tertiary/aromatic N) is 3. The van der Waals surface area contributed by atoms with Gasteiger partial charge in [-0.05, 0) is 14.0 Å². The summed E-state index contributed by atoms with van der Waals surface area (Å²) >= 11 is 0. The van der Waals surface area contributed by atoms with Gasteiger partial charge in [0.25, 0.3) is 0 Å². The van der Waals surface area contributed by atoms with Crippen LogP contribution in [0.1, 0.15) is 12.7 Å². The molecule has 1 heterocycles. The molecular weight excluding hydrogens is 222 g/mol. The average Bonchev–Trinajstić information content (AvgIpc) is 2.63. The number of imidazole rings is 1. The number of aryl methyl sites for hydroxylation is 1. The first kappa shape index (κ1) is 13.7. The van der Waals surface area contributed by atoms with E-state index in [-0.39, 0.29) is 0 Å². The molecule has 1 N–H and O–H groups in total. The summed E-state index contributed by atoms with van der Waals surface area (Å²) in [6, 6.07) is 0. The van der Waals surface area contributed by atoms with Gasteiger partial charge < -0.3 is 14.4 Å². The Hall–Kier alpha value is -1.40. The third-order valence-electron chi connectivity index (χ3n) is 2.45. The van der Waals surface area contributed by atoms with Gasteiger partial charge in [-0.15, -0.1) is 0 Å². The van der Waals surface area contributed by atoms with E-state index in [4.69, 9.17) is 9.84 Å². The lowest BCUT2D eigenvalue weighted by Crippen LogP contribution is -2.37. The van der Waals surface area contributed by atoms with Crippen LogP contribution in [0.5, 0.6) is 0 Å². The molecule has 0 radical (unpaired) electrons. The first-order valence-electron chi connectivity index (χ1n) is 5.53. The van der Waals surface area contributed by atoms with Gasteiger partial charge in [-0.2, -0.15) is 0 Å². The van der Waals surface area contributed by atoms with Crippen LogP contribution >= 0.6 is 0 Å². The third-order valence-corrected chi connectivity index (χ3v) is 2.45. The highest BCUT2D eigenvalue weighted by Crippen LogP contribution is 2.02. The smallest absolute Gasteiger partial charge is 0.334 e. The Labute approximate surface area is 101 Å². The van der Waals surface area contributed by atoms with E-state index in [0.29, 0.717) is 19.7 Å². The lowest BCUT2D eigenvalue weighted by atomic mass is 10.3. The Morgan fingerprint density at radius 3 is 2.88 bits per heavy atom. The zero-order valence-corrected chi connectivity index (χ0v) is 10.5. The molecule has 17 heavy (non-hydrogen) atoms. The van der Waals surface area contributed by atoms with Crippen molar-refractivity contribution in [1.29, 1.82) is 0 Å². The van der Waals surface area contributed by atoms with Crippen molar-refractivity contribution in [3.05, 3.63) is 18.2 Å². The maximum atomic E-state index is 10.9. The van der Waals surface area contributed by atoms with Crippen LogP contribution in [0.25, 0.3) is 0 Å². The van der Waals surface area contributed by atoms with Gasteiger partial charge in [-0.25, -0.2) is 9.78 Å². The van der Waals surface area contributed by atoms with Crippen LogP contribution in [0.2, 0.25) is 0 Å². The molecule has 0 fully saturated rings. The molecule has 0 aliphatic heterocycles. The fourth-order valence-electron chi connectivity index (χ4n) is 1.54. The second kappa shape index (κ2) is 6.36. The molecule has 1 rings (SSSR count).